The van der Waals surface area contributed by atoms with Gasteiger partial charge in [0.2, 0.25) is 0 Å². The van der Waals surface area contributed by atoms with Gasteiger partial charge in [-0.25, -0.2) is 0 Å². The summed E-state index contributed by atoms with van der Waals surface area (Å²) < 4.78 is 0. The molecule has 0 bridgehead atoms. The number of nitrogen functional groups attached to an aromatic ring is 1. The minimum absolute atomic E-state index is 0.0972. The molecule has 0 aliphatic rings. The second-order valence-electron chi connectivity index (χ2n) is 2.16. The van der Waals surface area contributed by atoms with Gasteiger partial charge in [-0.1, -0.05) is 23.2 Å². The van der Waals surface area contributed by atoms with E-state index in [0.29, 0.717) is 0 Å². The Kier molecular flexibility index (Phi) is 2.92. The number of rotatable bonds is 2. The van der Waals surface area contributed by atoms with Crippen LogP contribution in [0.4, 0.5) is 11.4 Å². The van der Waals surface area contributed by atoms with Crippen molar-refractivity contribution in [2.75, 3.05) is 5.43 Å². The molecule has 0 saturated carbocycles. The highest BCUT2D eigenvalue weighted by Crippen LogP contribution is 2.36. The smallest absolute Gasteiger partial charge is 0.290 e. The van der Waals surface area contributed by atoms with Gasteiger partial charge in [0.05, 0.1) is 15.6 Å². The van der Waals surface area contributed by atoms with E-state index in [4.69, 9.17) is 29.0 Å². The third kappa shape index (κ3) is 1.82. The van der Waals surface area contributed by atoms with E-state index in [1.54, 1.807) is 0 Å². The van der Waals surface area contributed by atoms with Gasteiger partial charge < -0.3 is 5.43 Å². The van der Waals surface area contributed by atoms with E-state index in [2.05, 4.69) is 5.43 Å². The average molecular weight is 222 g/mol. The normalized spacial score (nSPS) is 9.77. The molecule has 7 heteroatoms. The molecule has 1 aromatic rings. The highest BCUT2D eigenvalue weighted by atomic mass is 35.5. The molecule has 0 saturated heterocycles. The monoisotopic (exact) mass is 221 g/mol. The Bertz CT molecular complexity index is 356. The van der Waals surface area contributed by atoms with Crippen molar-refractivity contribution in [1.82, 2.24) is 0 Å². The molecule has 1 rings (SSSR count). The predicted octanol–water partition coefficient (Wildman–Crippen LogP) is 2.19. The third-order valence-electron chi connectivity index (χ3n) is 1.41. The Balaban J connectivity index is 3.35. The lowest BCUT2D eigenvalue weighted by molar-refractivity contribution is -0.384. The predicted molar refractivity (Wildman–Crippen MR) is 50.9 cm³/mol. The lowest BCUT2D eigenvalue weighted by Gasteiger charge is -2.04. The van der Waals surface area contributed by atoms with Crippen molar-refractivity contribution < 1.29 is 4.92 Å². The first-order chi connectivity index (χ1) is 6.07. The first-order valence-corrected chi connectivity index (χ1v) is 3.92. The number of hydrazine groups is 1. The number of nitrogens with zero attached hydrogens (tertiary/aromatic N) is 1. The van der Waals surface area contributed by atoms with Crippen molar-refractivity contribution in [3.8, 4) is 0 Å². The van der Waals surface area contributed by atoms with Crippen molar-refractivity contribution >= 4 is 34.6 Å². The number of halogens is 2. The molecule has 0 amide bonds. The van der Waals surface area contributed by atoms with Gasteiger partial charge in [-0.05, 0) is 6.07 Å². The second-order valence-corrected chi connectivity index (χ2v) is 2.94. The van der Waals surface area contributed by atoms with Crippen LogP contribution in [0.5, 0.6) is 0 Å². The summed E-state index contributed by atoms with van der Waals surface area (Å²) in [4.78, 5) is 9.80. The van der Waals surface area contributed by atoms with Crippen molar-refractivity contribution in [1.29, 1.82) is 0 Å². The number of nitro benzene ring substituents is 1. The first-order valence-electron chi connectivity index (χ1n) is 3.17. The molecule has 0 aliphatic carbocycles. The van der Waals surface area contributed by atoms with Gasteiger partial charge in [0.15, 0.2) is 0 Å². The fourth-order valence-corrected chi connectivity index (χ4v) is 1.36. The molecule has 70 valence electrons. The van der Waals surface area contributed by atoms with Gasteiger partial charge in [-0.3, -0.25) is 16.0 Å². The topological polar surface area (TPSA) is 81.2 Å². The van der Waals surface area contributed by atoms with Crippen LogP contribution in [0.25, 0.3) is 0 Å². The molecule has 0 spiro atoms. The lowest BCUT2D eigenvalue weighted by atomic mass is 10.3. The number of nitro groups is 1. The van der Waals surface area contributed by atoms with Crippen LogP contribution in [-0.2, 0) is 0 Å². The van der Waals surface area contributed by atoms with Crippen LogP contribution in [0, 0.1) is 10.1 Å². The SMILES string of the molecule is NNc1c(Cl)ccc([N+](=O)[O-])c1Cl. The molecule has 0 radical (unpaired) electrons. The molecule has 0 fully saturated rings. The number of hydrogen-bond acceptors (Lipinski definition) is 4. The van der Waals surface area contributed by atoms with E-state index in [1.807, 2.05) is 0 Å². The van der Waals surface area contributed by atoms with Crippen LogP contribution in [0.15, 0.2) is 12.1 Å². The summed E-state index contributed by atoms with van der Waals surface area (Å²) in [5, 5.41) is 10.5. The fraction of sp³-hybridized carbons (Fsp3) is 0. The van der Waals surface area contributed by atoms with Crippen LogP contribution in [0.1, 0.15) is 0 Å². The molecule has 13 heavy (non-hydrogen) atoms. The van der Waals surface area contributed by atoms with E-state index in [1.165, 1.54) is 12.1 Å². The molecular formula is C6H5Cl2N3O2. The number of nitrogens with two attached hydrogens (primary N) is 1. The number of anilines is 1. The Labute approximate surface area is 83.6 Å². The molecule has 0 aromatic heterocycles. The standard InChI is InChI=1S/C6H5Cl2N3O2/c7-3-1-2-4(11(12)13)5(8)6(3)10-9/h1-2,10H,9H2. The summed E-state index contributed by atoms with van der Waals surface area (Å²) in [5.74, 6) is 5.08. The van der Waals surface area contributed by atoms with Crippen molar-refractivity contribution in [3.05, 3.63) is 32.3 Å². The van der Waals surface area contributed by atoms with Gasteiger partial charge in [0.1, 0.15) is 5.02 Å². The molecule has 1 aromatic carbocycles. The zero-order valence-electron chi connectivity index (χ0n) is 6.25. The van der Waals surface area contributed by atoms with Gasteiger partial charge >= 0.3 is 0 Å². The Morgan fingerprint density at radius 2 is 2.08 bits per heavy atom. The maximum atomic E-state index is 10.4. The molecule has 0 aliphatic heterocycles. The number of nitrogens with one attached hydrogen (secondary N) is 1. The molecule has 0 heterocycles. The van der Waals surface area contributed by atoms with E-state index in [-0.39, 0.29) is 21.4 Å². The van der Waals surface area contributed by atoms with E-state index in [9.17, 15) is 10.1 Å². The second kappa shape index (κ2) is 3.78. The summed E-state index contributed by atoms with van der Waals surface area (Å²) in [7, 11) is 0. The summed E-state index contributed by atoms with van der Waals surface area (Å²) in [5.41, 5.74) is 2.10. The largest absolute Gasteiger partial charge is 0.321 e. The van der Waals surface area contributed by atoms with Gasteiger partial charge in [0.25, 0.3) is 5.69 Å². The number of benzene rings is 1. The Morgan fingerprint density at radius 3 is 2.54 bits per heavy atom. The van der Waals surface area contributed by atoms with Crippen LogP contribution < -0.4 is 11.3 Å². The van der Waals surface area contributed by atoms with Crippen LogP contribution in [0.3, 0.4) is 0 Å². The fourth-order valence-electron chi connectivity index (χ4n) is 0.815. The van der Waals surface area contributed by atoms with E-state index >= 15 is 0 Å². The Hall–Kier alpha value is -1.04. The van der Waals surface area contributed by atoms with E-state index in [0.717, 1.165) is 0 Å². The first kappa shape index (κ1) is 10.0. The van der Waals surface area contributed by atoms with Crippen molar-refractivity contribution in [3.63, 3.8) is 0 Å². The van der Waals surface area contributed by atoms with Gasteiger partial charge in [0, 0.05) is 6.07 Å². The van der Waals surface area contributed by atoms with Crippen LogP contribution in [-0.4, -0.2) is 4.92 Å². The van der Waals surface area contributed by atoms with Gasteiger partial charge in [-0.2, -0.15) is 0 Å². The van der Waals surface area contributed by atoms with Crippen molar-refractivity contribution in [2.45, 2.75) is 0 Å². The van der Waals surface area contributed by atoms with Crippen LogP contribution >= 0.6 is 23.2 Å². The maximum absolute atomic E-state index is 10.4. The van der Waals surface area contributed by atoms with Crippen molar-refractivity contribution in [2.24, 2.45) is 5.84 Å². The third-order valence-corrected chi connectivity index (χ3v) is 2.11. The quantitative estimate of drug-likeness (QED) is 0.456. The molecule has 0 unspecified atom stereocenters. The van der Waals surface area contributed by atoms with Crippen LogP contribution in [0.2, 0.25) is 10.0 Å². The Morgan fingerprint density at radius 1 is 1.46 bits per heavy atom. The minimum Gasteiger partial charge on any atom is -0.321 e. The summed E-state index contributed by atoms with van der Waals surface area (Å²) in [6.07, 6.45) is 0. The van der Waals surface area contributed by atoms with Gasteiger partial charge in [-0.15, -0.1) is 0 Å². The summed E-state index contributed by atoms with van der Waals surface area (Å²) >= 11 is 11.3. The summed E-state index contributed by atoms with van der Waals surface area (Å²) in [6, 6.07) is 2.56. The molecule has 5 nitrogen and oxygen atoms in total. The number of hydrogen-bond donors (Lipinski definition) is 2. The maximum Gasteiger partial charge on any atom is 0.290 e. The average Bonchev–Trinajstić information content (AvgIpc) is 2.04. The zero-order chi connectivity index (χ0) is 10.0. The lowest BCUT2D eigenvalue weighted by Crippen LogP contribution is -2.08. The van der Waals surface area contributed by atoms with E-state index < -0.39 is 4.92 Å². The highest BCUT2D eigenvalue weighted by Gasteiger charge is 2.17. The highest BCUT2D eigenvalue weighted by molar-refractivity contribution is 6.40. The molecule has 0 atom stereocenters. The minimum atomic E-state index is -0.612. The molecule has 3 N–H and O–H groups in total. The molecular weight excluding hydrogens is 217 g/mol. The summed E-state index contributed by atoms with van der Waals surface area (Å²) in [6.45, 7) is 0. The zero-order valence-corrected chi connectivity index (χ0v) is 7.76.